The van der Waals surface area contributed by atoms with Crippen LogP contribution in [0.2, 0.25) is 0 Å². The molecule has 0 radical (unpaired) electrons. The summed E-state index contributed by atoms with van der Waals surface area (Å²) in [5.74, 6) is -4.97. The van der Waals surface area contributed by atoms with Crippen molar-refractivity contribution in [3.8, 4) is 28.4 Å². The molecule has 516 valence electrons. The zero-order valence-corrected chi connectivity index (χ0v) is 51.1. The van der Waals surface area contributed by atoms with Gasteiger partial charge in [0.15, 0.2) is 0 Å². The summed E-state index contributed by atoms with van der Waals surface area (Å²) in [7, 11) is -11.3. The Morgan fingerprint density at radius 2 is 0.566 bits per heavy atom. The fourth-order valence-corrected chi connectivity index (χ4v) is 19.8. The predicted molar refractivity (Wildman–Crippen MR) is 324 cm³/mol. The number of nitrogens with zero attached hydrogens (tertiary/aromatic N) is 1. The van der Waals surface area contributed by atoms with E-state index in [1.165, 1.54) is 18.2 Å². The first-order valence-corrected chi connectivity index (χ1v) is 31.6. The Morgan fingerprint density at radius 3 is 0.879 bits per heavy atom. The minimum atomic E-state index is -5.89. The van der Waals surface area contributed by atoms with Crippen LogP contribution in [0.15, 0.2) is 243 Å². The molecule has 10 aromatic carbocycles. The standard InChI is InChI=1S/C60H37BF18NO3P2.C8H3F6/c62-55(63,64)38-30-39(56(65,66)67)33-43(32-38)81-61(82-44-34-40(57(68,69)70)31-41(35-44)58(71,72)73)83-52-37-42(59(74,75)76)36-51(60(77,78)79)54(52)50-28-16-17-29-53(50)85(48-24-12-4-13-25-48,49-26-14-5-15-27-49)80-84(45-18-6-1-7-19-45,46-20-8-2-9-21-46)47-22-10-3-11-23-47;9-7(10,11)5-2-1-3-6(4-5)8(12,13)14/h1-37H;2-4H/q+1;-1. The Hall–Kier alpha value is -9.45. The summed E-state index contributed by atoms with van der Waals surface area (Å²) in [6.45, 7) is 0. The third-order valence-corrected chi connectivity index (χ3v) is 22.9. The maximum absolute atomic E-state index is 16.2. The summed E-state index contributed by atoms with van der Waals surface area (Å²) in [5.41, 5.74) is -17.7. The number of rotatable bonds is 13. The highest BCUT2D eigenvalue weighted by Gasteiger charge is 2.50. The van der Waals surface area contributed by atoms with Crippen LogP contribution in [0.1, 0.15) is 44.5 Å². The molecule has 0 N–H and O–H groups in total. The van der Waals surface area contributed by atoms with E-state index in [1.807, 2.05) is 0 Å². The zero-order valence-electron chi connectivity index (χ0n) is 49.3. The van der Waals surface area contributed by atoms with Crippen molar-refractivity contribution in [2.24, 2.45) is 0 Å². The molecule has 0 aliphatic carbocycles. The molecule has 10 aromatic rings. The fourth-order valence-electron chi connectivity index (χ4n) is 10.1. The van der Waals surface area contributed by atoms with E-state index in [0.717, 1.165) is 6.07 Å². The molecule has 0 aromatic heterocycles. The van der Waals surface area contributed by atoms with E-state index in [0.29, 0.717) is 38.7 Å². The largest absolute Gasteiger partial charge is 0.864 e. The molecule has 0 heterocycles. The molecule has 0 spiro atoms. The van der Waals surface area contributed by atoms with Gasteiger partial charge in [0.05, 0.1) is 65.2 Å². The summed E-state index contributed by atoms with van der Waals surface area (Å²) in [6, 6.07) is 48.3. The minimum absolute atomic E-state index is 0.0521. The quantitative estimate of drug-likeness (QED) is 0.0380. The maximum atomic E-state index is 16.2. The lowest BCUT2D eigenvalue weighted by atomic mass is 9.94. The van der Waals surface area contributed by atoms with Crippen molar-refractivity contribution in [1.82, 2.24) is 4.17 Å². The van der Waals surface area contributed by atoms with Crippen molar-refractivity contribution in [2.45, 2.75) is 49.4 Å². The maximum Gasteiger partial charge on any atom is 0.864 e. The van der Waals surface area contributed by atoms with Crippen molar-refractivity contribution < 1.29 is 119 Å². The topological polar surface area (TPSA) is 41.8 Å². The van der Waals surface area contributed by atoms with Crippen molar-refractivity contribution >= 4 is 53.3 Å². The average Bonchev–Trinajstić information content (AvgIpc) is 0.710. The van der Waals surface area contributed by atoms with Crippen LogP contribution < -0.4 is 50.0 Å². The van der Waals surface area contributed by atoms with Gasteiger partial charge >= 0.3 is 70.8 Å². The van der Waals surface area contributed by atoms with E-state index in [1.54, 1.807) is 158 Å². The summed E-state index contributed by atoms with van der Waals surface area (Å²) < 4.78 is 360. The third-order valence-electron chi connectivity index (χ3n) is 14.4. The second kappa shape index (κ2) is 28.1. The van der Waals surface area contributed by atoms with Crippen molar-refractivity contribution in [3.63, 3.8) is 0 Å². The van der Waals surface area contributed by atoms with Gasteiger partial charge in [-0.2, -0.15) is 124 Å². The van der Waals surface area contributed by atoms with Gasteiger partial charge in [0.1, 0.15) is 17.2 Å². The molecule has 0 saturated heterocycles. The Bertz CT molecular complexity index is 4270. The summed E-state index contributed by atoms with van der Waals surface area (Å²) in [6.07, 6.45) is -43.9. The van der Waals surface area contributed by atoms with E-state index in [-0.39, 0.29) is 47.8 Å². The van der Waals surface area contributed by atoms with Crippen LogP contribution >= 0.6 is 14.1 Å². The molecule has 0 atom stereocenters. The van der Waals surface area contributed by atoms with E-state index in [4.69, 9.17) is 18.1 Å². The van der Waals surface area contributed by atoms with Gasteiger partial charge in [-0.15, -0.1) is 10.2 Å². The summed E-state index contributed by atoms with van der Waals surface area (Å²) in [4.78, 5) is 0. The van der Waals surface area contributed by atoms with Crippen LogP contribution in [0.4, 0.5) is 105 Å². The predicted octanol–water partition coefficient (Wildman–Crippen LogP) is 20.2. The molecule has 0 fully saturated rings. The van der Waals surface area contributed by atoms with Crippen molar-refractivity contribution in [1.29, 1.82) is 0 Å². The minimum Gasteiger partial charge on any atom is -0.490 e. The SMILES string of the molecule is FC(F)(F)c1c[c-]cc(C(F)(F)F)c1.FC(F)(F)c1cc(OB(Oc2cc(C(F)(F)F)cc(C(F)(F)F)c2)Oc2cc(C(F)(F)F)cc(C(F)(F)F)c2-c2ccccc2P(=[N+]=P(c2ccccc2)(c2ccccc2)c2ccccc2)(c2ccccc2)c2ccccc2)cc(C(F)(F)F)c1. The first-order chi connectivity index (χ1) is 46.1. The first-order valence-electron chi connectivity index (χ1n) is 28.1. The van der Waals surface area contributed by atoms with E-state index < -0.39 is 156 Å². The molecule has 0 bridgehead atoms. The normalized spacial score (nSPS) is 12.8. The second-order valence-corrected chi connectivity index (χ2v) is 27.4. The summed E-state index contributed by atoms with van der Waals surface area (Å²) >= 11 is 0. The molecular formula is C68H40BF24NO3P2. The Balaban J connectivity index is 0.000000728. The third kappa shape index (κ3) is 17.0. The van der Waals surface area contributed by atoms with Crippen LogP contribution in [-0.4, -0.2) is 7.32 Å². The molecule has 0 amide bonds. The second-order valence-electron chi connectivity index (χ2n) is 21.1. The molecule has 0 saturated carbocycles. The average molecular weight is 1450 g/mol. The van der Waals surface area contributed by atoms with Gasteiger partial charge in [0.25, 0.3) is 0 Å². The van der Waals surface area contributed by atoms with Gasteiger partial charge in [0, 0.05) is 11.1 Å². The van der Waals surface area contributed by atoms with Crippen LogP contribution in [0.5, 0.6) is 17.2 Å². The first kappa shape index (κ1) is 73.8. The number of alkyl halides is 24. The highest BCUT2D eigenvalue weighted by atomic mass is 31.2. The summed E-state index contributed by atoms with van der Waals surface area (Å²) in [5, 5.41) is 2.28. The van der Waals surface area contributed by atoms with Crippen LogP contribution in [0.25, 0.3) is 11.1 Å². The molecule has 4 nitrogen and oxygen atoms in total. The van der Waals surface area contributed by atoms with Crippen LogP contribution in [0, 0.1) is 6.07 Å². The van der Waals surface area contributed by atoms with Crippen molar-refractivity contribution in [2.75, 3.05) is 0 Å². The van der Waals surface area contributed by atoms with E-state index >= 15 is 26.3 Å². The Morgan fingerprint density at radius 1 is 0.283 bits per heavy atom. The molecule has 99 heavy (non-hydrogen) atoms. The van der Waals surface area contributed by atoms with Crippen molar-refractivity contribution in [3.05, 3.63) is 293 Å². The lowest BCUT2D eigenvalue weighted by Gasteiger charge is -2.26. The van der Waals surface area contributed by atoms with E-state index in [2.05, 4.69) is 0 Å². The molecule has 10 rings (SSSR count). The fraction of sp³-hybridized carbons (Fsp3) is 0.118. The monoisotopic (exact) mass is 1450 g/mol. The van der Waals surface area contributed by atoms with Gasteiger partial charge in [-0.1, -0.05) is 120 Å². The zero-order chi connectivity index (χ0) is 72.4. The smallest absolute Gasteiger partial charge is 0.490 e. The van der Waals surface area contributed by atoms with Crippen LogP contribution in [-0.2, 0) is 49.4 Å². The van der Waals surface area contributed by atoms with Gasteiger partial charge in [0.2, 0.25) is 0 Å². The van der Waals surface area contributed by atoms with Gasteiger partial charge < -0.3 is 14.0 Å². The number of halogens is 24. The highest BCUT2D eigenvalue weighted by molar-refractivity contribution is 7.94. The molecule has 0 aliphatic heterocycles. The molecular weight excluding hydrogens is 1410 g/mol. The lowest BCUT2D eigenvalue weighted by Crippen LogP contribution is -2.38. The number of hydrogen-bond acceptors (Lipinski definition) is 3. The van der Waals surface area contributed by atoms with Crippen LogP contribution in [0.3, 0.4) is 0 Å². The van der Waals surface area contributed by atoms with E-state index in [9.17, 15) is 79.0 Å². The number of benzene rings is 10. The van der Waals surface area contributed by atoms with Gasteiger partial charge in [-0.3, -0.25) is 0 Å². The molecule has 31 heteroatoms. The number of hydrogen-bond donors (Lipinski definition) is 0. The van der Waals surface area contributed by atoms with Gasteiger partial charge in [-0.05, 0) is 115 Å². The Kier molecular flexibility index (Phi) is 20.9. The molecule has 0 aliphatic rings. The lowest BCUT2D eigenvalue weighted by molar-refractivity contribution is -0.144. The Labute approximate surface area is 546 Å². The highest BCUT2D eigenvalue weighted by Crippen LogP contribution is 2.55. The molecule has 0 unspecified atom stereocenters. The van der Waals surface area contributed by atoms with Gasteiger partial charge in [-0.25, -0.2) is 0 Å².